The number of carbonyl (C=O) groups is 6. The highest BCUT2D eigenvalue weighted by atomic mass is 16.5. The molecule has 2 fully saturated rings. The van der Waals surface area contributed by atoms with Gasteiger partial charge in [-0.3, -0.25) is 28.8 Å². The van der Waals surface area contributed by atoms with E-state index in [9.17, 15) is 28.8 Å². The molecule has 2 N–H and O–H groups in total. The highest BCUT2D eigenvalue weighted by molar-refractivity contribution is 5.96. The minimum Gasteiger partial charge on any atom is -0.452 e. The van der Waals surface area contributed by atoms with Crippen LogP contribution in [0.4, 0.5) is 0 Å². The van der Waals surface area contributed by atoms with Gasteiger partial charge in [-0.15, -0.1) is 0 Å². The predicted molar refractivity (Wildman–Crippen MR) is 157 cm³/mol. The van der Waals surface area contributed by atoms with Gasteiger partial charge in [-0.1, -0.05) is 48.0 Å². The Morgan fingerprint density at radius 1 is 0.905 bits per heavy atom. The van der Waals surface area contributed by atoms with Gasteiger partial charge in [0, 0.05) is 27.2 Å². The first-order valence-corrected chi connectivity index (χ1v) is 15.2. The van der Waals surface area contributed by atoms with Gasteiger partial charge in [-0.25, -0.2) is 0 Å². The van der Waals surface area contributed by atoms with E-state index in [0.29, 0.717) is 25.8 Å². The molecule has 42 heavy (non-hydrogen) atoms. The Balaban J connectivity index is 2.54. The van der Waals surface area contributed by atoms with Gasteiger partial charge in [0.25, 0.3) is 5.91 Å². The zero-order valence-electron chi connectivity index (χ0n) is 26.8. The number of carbonyl (C=O) groups excluding carboxylic acids is 6. The molecular weight excluding hydrogens is 542 g/mol. The topological polar surface area (TPSA) is 145 Å². The Kier molecular flexibility index (Phi) is 12.8. The summed E-state index contributed by atoms with van der Waals surface area (Å²) in [5, 5.41) is 5.57. The highest BCUT2D eigenvalue weighted by Crippen LogP contribution is 2.24. The number of hydrogen-bond acceptors (Lipinski definition) is 7. The molecule has 238 valence electrons. The Morgan fingerprint density at radius 3 is 2.12 bits per heavy atom. The molecule has 0 saturated carbocycles. The average molecular weight is 594 g/mol. The summed E-state index contributed by atoms with van der Waals surface area (Å²) in [6, 6.07) is -3.52. The maximum absolute atomic E-state index is 13.9. The molecule has 12 nitrogen and oxygen atoms in total. The third kappa shape index (κ3) is 8.44. The summed E-state index contributed by atoms with van der Waals surface area (Å²) in [6.45, 7) is 13.1. The number of ether oxygens (including phenoxy) is 1. The molecule has 0 aromatic carbocycles. The van der Waals surface area contributed by atoms with Crippen LogP contribution >= 0.6 is 0 Å². The second-order valence-corrected chi connectivity index (χ2v) is 12.5. The monoisotopic (exact) mass is 593 g/mol. The quantitative estimate of drug-likeness (QED) is 0.457. The normalized spacial score (nSPS) is 28.6. The van der Waals surface area contributed by atoms with Crippen molar-refractivity contribution >= 4 is 35.5 Å². The maximum Gasteiger partial charge on any atom is 0.308 e. The summed E-state index contributed by atoms with van der Waals surface area (Å²) in [5.74, 6) is -3.36. The molecule has 6 atom stereocenters. The molecule has 2 aliphatic heterocycles. The minimum atomic E-state index is -1.07. The third-order valence-corrected chi connectivity index (χ3v) is 8.44. The van der Waals surface area contributed by atoms with E-state index >= 15 is 0 Å². The third-order valence-electron chi connectivity index (χ3n) is 8.44. The SMILES string of the molecule is CC[C@H](C)[C@@H]1NC(=O)[C@@H]2CCCN2C(=O)[C@H](CC(C)C)OC(=O)CCNC(=O)[C@H](C)N(C)C(=O)[C@@H](C(C)C)N(C)C1=O. The van der Waals surface area contributed by atoms with Gasteiger partial charge >= 0.3 is 5.97 Å². The van der Waals surface area contributed by atoms with Crippen LogP contribution in [0.2, 0.25) is 0 Å². The molecule has 2 aliphatic rings. The van der Waals surface area contributed by atoms with Crippen molar-refractivity contribution in [3.8, 4) is 0 Å². The van der Waals surface area contributed by atoms with Crippen LogP contribution in [-0.2, 0) is 33.5 Å². The Hall–Kier alpha value is -3.18. The van der Waals surface area contributed by atoms with Gasteiger partial charge in [0.1, 0.15) is 24.2 Å². The van der Waals surface area contributed by atoms with Crippen LogP contribution in [0.15, 0.2) is 0 Å². The molecule has 2 rings (SSSR count). The average Bonchev–Trinajstić information content (AvgIpc) is 3.42. The molecule has 0 aliphatic carbocycles. The summed E-state index contributed by atoms with van der Waals surface area (Å²) in [4.78, 5) is 84.6. The van der Waals surface area contributed by atoms with Crippen LogP contribution in [0, 0.1) is 17.8 Å². The fourth-order valence-electron chi connectivity index (χ4n) is 5.53. The van der Waals surface area contributed by atoms with E-state index in [4.69, 9.17) is 4.74 Å². The van der Waals surface area contributed by atoms with Gasteiger partial charge in [0.2, 0.25) is 23.6 Å². The molecule has 2 heterocycles. The first-order valence-electron chi connectivity index (χ1n) is 15.2. The lowest BCUT2D eigenvalue weighted by molar-refractivity contribution is -0.162. The number of amides is 5. The summed E-state index contributed by atoms with van der Waals surface area (Å²) in [5.41, 5.74) is 0. The number of nitrogens with zero attached hydrogens (tertiary/aromatic N) is 3. The van der Waals surface area contributed by atoms with Crippen molar-refractivity contribution in [3.05, 3.63) is 0 Å². The van der Waals surface area contributed by atoms with Crippen LogP contribution in [0.3, 0.4) is 0 Å². The lowest BCUT2D eigenvalue weighted by atomic mass is 9.94. The second kappa shape index (κ2) is 15.3. The molecule has 0 aromatic rings. The number of nitrogens with one attached hydrogen (secondary N) is 2. The number of rotatable bonds is 5. The summed E-state index contributed by atoms with van der Waals surface area (Å²) < 4.78 is 5.59. The van der Waals surface area contributed by atoms with Crippen LogP contribution in [-0.4, -0.2) is 108 Å². The van der Waals surface area contributed by atoms with Crippen molar-refractivity contribution < 1.29 is 33.5 Å². The largest absolute Gasteiger partial charge is 0.452 e. The smallest absolute Gasteiger partial charge is 0.308 e. The van der Waals surface area contributed by atoms with Gasteiger partial charge < -0.3 is 30.1 Å². The van der Waals surface area contributed by atoms with Crippen LogP contribution in [0.25, 0.3) is 0 Å². The van der Waals surface area contributed by atoms with Crippen molar-refractivity contribution in [2.45, 2.75) is 111 Å². The first-order chi connectivity index (χ1) is 19.6. The highest BCUT2D eigenvalue weighted by Gasteiger charge is 2.42. The second-order valence-electron chi connectivity index (χ2n) is 12.5. The van der Waals surface area contributed by atoms with Crippen molar-refractivity contribution in [1.29, 1.82) is 0 Å². The molecule has 0 spiro atoms. The number of hydrogen-bond donors (Lipinski definition) is 2. The van der Waals surface area contributed by atoms with Gasteiger partial charge in [0.15, 0.2) is 6.10 Å². The van der Waals surface area contributed by atoms with E-state index < -0.39 is 65.8 Å². The fraction of sp³-hybridized carbons (Fsp3) is 0.800. The number of fused-ring (bicyclic) bond motifs is 1. The maximum atomic E-state index is 13.9. The molecule has 2 saturated heterocycles. The van der Waals surface area contributed by atoms with Crippen LogP contribution in [0.1, 0.15) is 80.6 Å². The molecule has 0 unspecified atom stereocenters. The van der Waals surface area contributed by atoms with Gasteiger partial charge in [0.05, 0.1) is 6.42 Å². The predicted octanol–water partition coefficient (Wildman–Crippen LogP) is 1.32. The Bertz CT molecular complexity index is 1020. The van der Waals surface area contributed by atoms with E-state index in [-0.39, 0.29) is 37.1 Å². The minimum absolute atomic E-state index is 0.0358. The van der Waals surface area contributed by atoms with Crippen molar-refractivity contribution in [1.82, 2.24) is 25.3 Å². The van der Waals surface area contributed by atoms with Crippen molar-refractivity contribution in [3.63, 3.8) is 0 Å². The molecule has 5 amide bonds. The van der Waals surface area contributed by atoms with E-state index in [2.05, 4.69) is 10.6 Å². The first kappa shape index (κ1) is 35.0. The van der Waals surface area contributed by atoms with E-state index in [0.717, 1.165) is 0 Å². The number of esters is 1. The van der Waals surface area contributed by atoms with Crippen molar-refractivity contribution in [2.75, 3.05) is 27.2 Å². The van der Waals surface area contributed by atoms with Crippen LogP contribution < -0.4 is 10.6 Å². The molecule has 0 aromatic heterocycles. The fourth-order valence-corrected chi connectivity index (χ4v) is 5.53. The molecule has 0 radical (unpaired) electrons. The molecule has 0 bridgehead atoms. The van der Waals surface area contributed by atoms with Gasteiger partial charge in [-0.2, -0.15) is 0 Å². The van der Waals surface area contributed by atoms with E-state index in [1.54, 1.807) is 14.0 Å². The summed E-state index contributed by atoms with van der Waals surface area (Å²) in [6.07, 6.45) is 0.636. The van der Waals surface area contributed by atoms with Gasteiger partial charge in [-0.05, 0) is 43.9 Å². The standard InChI is InChI=1S/C30H51N5O7/c1-10-19(6)24-29(40)34(9)25(18(4)5)30(41)33(8)20(7)26(37)31-14-13-23(36)42-22(16-17(2)3)28(39)35-15-11-12-21(35)27(38)32-24/h17-22,24-25H,10-16H2,1-9H3,(H,31,37)(H,32,38)/t19-,20-,21-,22-,24-,25+/m0/s1. The number of likely N-dealkylation sites (N-methyl/N-ethyl adjacent to an activating group) is 2. The Labute approximate surface area is 250 Å². The molecule has 12 heteroatoms. The Morgan fingerprint density at radius 2 is 1.55 bits per heavy atom. The zero-order valence-corrected chi connectivity index (χ0v) is 26.8. The van der Waals surface area contributed by atoms with E-state index in [1.165, 1.54) is 21.7 Å². The summed E-state index contributed by atoms with van der Waals surface area (Å²) in [7, 11) is 3.04. The lowest BCUT2D eigenvalue weighted by Crippen LogP contribution is -2.60. The van der Waals surface area contributed by atoms with Crippen LogP contribution in [0.5, 0.6) is 0 Å². The van der Waals surface area contributed by atoms with Crippen molar-refractivity contribution in [2.24, 2.45) is 17.8 Å². The summed E-state index contributed by atoms with van der Waals surface area (Å²) >= 11 is 0. The molecular formula is C30H51N5O7. The van der Waals surface area contributed by atoms with E-state index in [1.807, 2.05) is 41.5 Å². The number of cyclic esters (lactones) is 1. The zero-order chi connectivity index (χ0) is 31.9. The lowest BCUT2D eigenvalue weighted by Gasteiger charge is -2.38.